The number of likely N-dealkylation sites (tertiary alicyclic amines) is 1. The number of aromatic nitrogens is 3. The maximum atomic E-state index is 13.0. The second-order valence-corrected chi connectivity index (χ2v) is 11.1. The van der Waals surface area contributed by atoms with E-state index >= 15 is 0 Å². The number of nitrogens with one attached hydrogen (secondary N) is 2. The van der Waals surface area contributed by atoms with Gasteiger partial charge in [0.05, 0.1) is 11.8 Å². The lowest BCUT2D eigenvalue weighted by Crippen LogP contribution is -2.40. The van der Waals surface area contributed by atoms with Gasteiger partial charge in [0.15, 0.2) is 0 Å². The number of fused-ring (bicyclic) bond motifs is 3. The van der Waals surface area contributed by atoms with Crippen LogP contribution in [0.4, 0.5) is 24.9 Å². The van der Waals surface area contributed by atoms with Crippen LogP contribution in [0.3, 0.4) is 0 Å². The average molecular weight is 515 g/mol. The van der Waals surface area contributed by atoms with Crippen LogP contribution in [-0.4, -0.2) is 65.8 Å². The number of alkyl halides is 3. The van der Waals surface area contributed by atoms with E-state index in [1.54, 1.807) is 13.1 Å². The molecule has 2 aliphatic rings. The Morgan fingerprint density at radius 2 is 1.97 bits per heavy atom. The molecule has 3 aromatic heterocycles. The van der Waals surface area contributed by atoms with Crippen LogP contribution in [0.5, 0.6) is 0 Å². The highest BCUT2D eigenvalue weighted by atomic mass is 32.1. The molecule has 0 aliphatic carbocycles. The molecule has 5 heterocycles. The van der Waals surface area contributed by atoms with Crippen LogP contribution in [0.25, 0.3) is 21.1 Å². The summed E-state index contributed by atoms with van der Waals surface area (Å²) in [6, 6.07) is 10.4. The molecule has 0 spiro atoms. The molecule has 0 radical (unpaired) electrons. The first-order valence-electron chi connectivity index (χ1n) is 12.4. The fourth-order valence-corrected chi connectivity index (χ4v) is 6.81. The van der Waals surface area contributed by atoms with E-state index in [4.69, 9.17) is 4.98 Å². The normalized spacial score (nSPS) is 20.9. The molecule has 2 aliphatic heterocycles. The smallest absolute Gasteiger partial charge is 0.361 e. The van der Waals surface area contributed by atoms with Crippen molar-refractivity contribution < 1.29 is 13.2 Å². The standard InChI is InChI=1S/C26H29F3N6S/c1-30-25-32-23(21-11-20(12-26(27,28)29)36-24(21)33-25)35-14-18-6-9-34(13-19(18)15-35)8-5-16-2-3-22-17(10-16)4-7-31-22/h2-4,7,10-11,18-19,31H,5-6,8-9,12-15H2,1H3,(H,30,32,33). The highest BCUT2D eigenvalue weighted by Crippen LogP contribution is 2.39. The van der Waals surface area contributed by atoms with Gasteiger partial charge in [-0.3, -0.25) is 0 Å². The second-order valence-electron chi connectivity index (χ2n) is 10.0. The molecule has 0 saturated carbocycles. The average Bonchev–Trinajstić information content (AvgIpc) is 3.57. The highest BCUT2D eigenvalue weighted by molar-refractivity contribution is 7.18. The van der Waals surface area contributed by atoms with Crippen LogP contribution in [0, 0.1) is 11.8 Å². The summed E-state index contributed by atoms with van der Waals surface area (Å²) in [4.78, 5) is 18.1. The van der Waals surface area contributed by atoms with Crippen molar-refractivity contribution in [2.75, 3.05) is 50.0 Å². The largest absolute Gasteiger partial charge is 0.393 e. The maximum absolute atomic E-state index is 13.0. The summed E-state index contributed by atoms with van der Waals surface area (Å²) in [5.41, 5.74) is 2.52. The van der Waals surface area contributed by atoms with Gasteiger partial charge in [0, 0.05) is 49.8 Å². The van der Waals surface area contributed by atoms with Gasteiger partial charge in [-0.25, -0.2) is 4.98 Å². The number of hydrogen-bond acceptors (Lipinski definition) is 6. The molecule has 2 fully saturated rings. The Bertz CT molecular complexity index is 1380. The van der Waals surface area contributed by atoms with Gasteiger partial charge in [0.1, 0.15) is 10.6 Å². The van der Waals surface area contributed by atoms with Crippen LogP contribution in [0.2, 0.25) is 0 Å². The van der Waals surface area contributed by atoms with E-state index in [1.807, 2.05) is 6.20 Å². The number of halogens is 3. The summed E-state index contributed by atoms with van der Waals surface area (Å²) in [6.45, 7) is 4.92. The Labute approximate surface area is 211 Å². The molecule has 6 rings (SSSR count). The molecule has 2 unspecified atom stereocenters. The lowest BCUT2D eigenvalue weighted by Gasteiger charge is -2.34. The number of anilines is 2. The summed E-state index contributed by atoms with van der Waals surface area (Å²) >= 11 is 1.11. The number of piperidine rings is 1. The molecule has 1 aromatic carbocycles. The van der Waals surface area contributed by atoms with Crippen molar-refractivity contribution in [1.82, 2.24) is 19.9 Å². The maximum Gasteiger partial charge on any atom is 0.393 e. The molecule has 190 valence electrons. The zero-order chi connectivity index (χ0) is 24.9. The van der Waals surface area contributed by atoms with E-state index in [1.165, 1.54) is 16.5 Å². The molecule has 2 N–H and O–H groups in total. The molecule has 2 saturated heterocycles. The minimum absolute atomic E-state index is 0.280. The summed E-state index contributed by atoms with van der Waals surface area (Å²) in [6.07, 6.45) is -1.03. The summed E-state index contributed by atoms with van der Waals surface area (Å²) < 4.78 is 39.1. The van der Waals surface area contributed by atoms with Crippen molar-refractivity contribution in [3.63, 3.8) is 0 Å². The molecular formula is C26H29F3N6S. The van der Waals surface area contributed by atoms with E-state index in [-0.39, 0.29) is 4.88 Å². The molecule has 0 amide bonds. The van der Waals surface area contributed by atoms with Gasteiger partial charge in [0.25, 0.3) is 0 Å². The summed E-state index contributed by atoms with van der Waals surface area (Å²) in [7, 11) is 1.74. The molecule has 6 nitrogen and oxygen atoms in total. The monoisotopic (exact) mass is 514 g/mol. The Hall–Kier alpha value is -2.85. The summed E-state index contributed by atoms with van der Waals surface area (Å²) in [5.74, 6) is 2.32. The molecule has 2 atom stereocenters. The Morgan fingerprint density at radius 1 is 1.11 bits per heavy atom. The molecule has 0 bridgehead atoms. The third-order valence-electron chi connectivity index (χ3n) is 7.54. The first kappa shape index (κ1) is 23.5. The van der Waals surface area contributed by atoms with Gasteiger partial charge in [-0.1, -0.05) is 6.07 Å². The van der Waals surface area contributed by atoms with Gasteiger partial charge < -0.3 is 20.1 Å². The topological polar surface area (TPSA) is 60.1 Å². The highest BCUT2D eigenvalue weighted by Gasteiger charge is 2.38. The molecule has 36 heavy (non-hydrogen) atoms. The Morgan fingerprint density at radius 3 is 2.81 bits per heavy atom. The van der Waals surface area contributed by atoms with E-state index in [0.717, 1.165) is 68.1 Å². The lowest BCUT2D eigenvalue weighted by atomic mass is 9.88. The Balaban J connectivity index is 1.16. The third-order valence-corrected chi connectivity index (χ3v) is 8.57. The number of H-pyrrole nitrogens is 1. The zero-order valence-electron chi connectivity index (χ0n) is 20.1. The number of nitrogens with zero attached hydrogens (tertiary/aromatic N) is 4. The first-order valence-corrected chi connectivity index (χ1v) is 13.2. The molecule has 4 aromatic rings. The van der Waals surface area contributed by atoms with Crippen LogP contribution in [0.15, 0.2) is 36.5 Å². The first-order chi connectivity index (χ1) is 17.3. The molecular weight excluding hydrogens is 485 g/mol. The number of rotatable bonds is 6. The third kappa shape index (κ3) is 4.76. The van der Waals surface area contributed by atoms with Crippen molar-refractivity contribution in [2.24, 2.45) is 11.8 Å². The van der Waals surface area contributed by atoms with Gasteiger partial charge in [-0.15, -0.1) is 11.3 Å². The van der Waals surface area contributed by atoms with Crippen LogP contribution >= 0.6 is 11.3 Å². The van der Waals surface area contributed by atoms with Gasteiger partial charge in [-0.2, -0.15) is 18.2 Å². The second kappa shape index (κ2) is 9.23. The van der Waals surface area contributed by atoms with Crippen molar-refractivity contribution in [1.29, 1.82) is 0 Å². The van der Waals surface area contributed by atoms with E-state index in [0.29, 0.717) is 22.6 Å². The van der Waals surface area contributed by atoms with Crippen LogP contribution < -0.4 is 10.2 Å². The number of aromatic amines is 1. The predicted octanol–water partition coefficient (Wildman–Crippen LogP) is 5.32. The van der Waals surface area contributed by atoms with Crippen molar-refractivity contribution in [3.8, 4) is 0 Å². The SMILES string of the molecule is CNc1nc(N2CC3CCN(CCc4ccc5[nH]ccc5c4)CC3C2)c2cc(CC(F)(F)F)sc2n1. The fourth-order valence-electron chi connectivity index (χ4n) is 5.76. The van der Waals surface area contributed by atoms with Gasteiger partial charge in [-0.05, 0) is 66.4 Å². The quantitative estimate of drug-likeness (QED) is 0.365. The predicted molar refractivity (Wildman–Crippen MR) is 139 cm³/mol. The Kier molecular flexibility index (Phi) is 6.03. The van der Waals surface area contributed by atoms with Gasteiger partial charge >= 0.3 is 6.18 Å². The molecule has 10 heteroatoms. The lowest BCUT2D eigenvalue weighted by molar-refractivity contribution is -0.126. The number of benzene rings is 1. The van der Waals surface area contributed by atoms with Gasteiger partial charge in [0.2, 0.25) is 5.95 Å². The number of thiophene rings is 1. The van der Waals surface area contributed by atoms with Crippen LogP contribution in [-0.2, 0) is 12.8 Å². The van der Waals surface area contributed by atoms with E-state index < -0.39 is 12.6 Å². The minimum Gasteiger partial charge on any atom is -0.361 e. The zero-order valence-corrected chi connectivity index (χ0v) is 20.9. The number of hydrogen-bond donors (Lipinski definition) is 2. The minimum atomic E-state index is -4.24. The van der Waals surface area contributed by atoms with Crippen molar-refractivity contribution in [3.05, 3.63) is 47.0 Å². The van der Waals surface area contributed by atoms with E-state index in [2.05, 4.69) is 49.4 Å². The van der Waals surface area contributed by atoms with E-state index in [9.17, 15) is 13.2 Å². The fraction of sp³-hybridized carbons (Fsp3) is 0.462. The van der Waals surface area contributed by atoms with Crippen molar-refractivity contribution >= 4 is 44.2 Å². The van der Waals surface area contributed by atoms with Crippen LogP contribution in [0.1, 0.15) is 16.9 Å². The summed E-state index contributed by atoms with van der Waals surface area (Å²) in [5, 5.41) is 4.96. The van der Waals surface area contributed by atoms with Crippen molar-refractivity contribution in [2.45, 2.75) is 25.4 Å².